The maximum atomic E-state index is 13.2. The van der Waals surface area contributed by atoms with Gasteiger partial charge in [0, 0.05) is 35.5 Å². The van der Waals surface area contributed by atoms with Crippen LogP contribution in [0.5, 0.6) is 0 Å². The molecule has 3 aliphatic rings. The number of alkyl halides is 2. The number of pyridine rings is 1. The van der Waals surface area contributed by atoms with Gasteiger partial charge in [0.25, 0.3) is 0 Å². The Morgan fingerprint density at radius 3 is 2.66 bits per heavy atom. The molecule has 9 nitrogen and oxygen atoms in total. The lowest BCUT2D eigenvalue weighted by Crippen LogP contribution is -2.49. The highest BCUT2D eigenvalue weighted by molar-refractivity contribution is 6.51. The Labute approximate surface area is 194 Å². The minimum Gasteiger partial charge on any atom is -0.476 e. The Morgan fingerprint density at radius 2 is 2.00 bits per heavy atom. The van der Waals surface area contributed by atoms with Gasteiger partial charge < -0.3 is 15.3 Å². The van der Waals surface area contributed by atoms with E-state index in [2.05, 4.69) is 15.4 Å². The van der Waals surface area contributed by atoms with Crippen LogP contribution in [0.3, 0.4) is 0 Å². The van der Waals surface area contributed by atoms with Crippen LogP contribution < -0.4 is 5.32 Å². The number of carboxylic acids is 1. The third-order valence-corrected chi connectivity index (χ3v) is 8.80. The van der Waals surface area contributed by atoms with Crippen LogP contribution in [0.1, 0.15) is 37.2 Å². The molecule has 0 aromatic carbocycles. The van der Waals surface area contributed by atoms with Crippen molar-refractivity contribution in [1.82, 2.24) is 25.0 Å². The van der Waals surface area contributed by atoms with Gasteiger partial charge in [-0.2, -0.15) is 5.10 Å². The summed E-state index contributed by atoms with van der Waals surface area (Å²) in [6.07, 6.45) is 4.46. The van der Waals surface area contributed by atoms with E-state index < -0.39 is 16.3 Å². The second kappa shape index (κ2) is 7.05. The van der Waals surface area contributed by atoms with Gasteiger partial charge in [0.2, 0.25) is 11.8 Å². The van der Waals surface area contributed by atoms with E-state index in [-0.39, 0.29) is 41.4 Å². The molecule has 3 fully saturated rings. The summed E-state index contributed by atoms with van der Waals surface area (Å²) in [5.74, 6) is -1.39. The monoisotopic (exact) mass is 479 g/mol. The second-order valence-corrected chi connectivity index (χ2v) is 10.8. The first-order valence-corrected chi connectivity index (χ1v) is 11.3. The number of piperidine rings is 1. The lowest BCUT2D eigenvalue weighted by molar-refractivity contribution is -0.140. The third-order valence-electron chi connectivity index (χ3n) is 7.30. The Morgan fingerprint density at radius 1 is 1.28 bits per heavy atom. The molecule has 4 atom stereocenters. The molecule has 0 bridgehead atoms. The van der Waals surface area contributed by atoms with Crippen molar-refractivity contribution < 1.29 is 19.5 Å². The molecular weight excluding hydrogens is 457 g/mol. The van der Waals surface area contributed by atoms with Crippen molar-refractivity contribution in [2.45, 2.75) is 49.7 Å². The number of likely N-dealkylation sites (tertiary alicyclic amines) is 1. The van der Waals surface area contributed by atoms with E-state index in [1.807, 2.05) is 13.8 Å². The van der Waals surface area contributed by atoms with E-state index >= 15 is 0 Å². The third kappa shape index (κ3) is 3.16. The zero-order valence-corrected chi connectivity index (χ0v) is 19.1. The fraction of sp³-hybridized carbons (Fsp3) is 0.571. The van der Waals surface area contributed by atoms with Crippen molar-refractivity contribution in [1.29, 1.82) is 0 Å². The normalized spacial score (nSPS) is 28.9. The lowest BCUT2D eigenvalue weighted by atomic mass is 10.1. The first kappa shape index (κ1) is 21.5. The van der Waals surface area contributed by atoms with E-state index in [0.29, 0.717) is 29.8 Å². The first-order chi connectivity index (χ1) is 15.0. The van der Waals surface area contributed by atoms with E-state index in [1.165, 1.54) is 17.1 Å². The summed E-state index contributed by atoms with van der Waals surface area (Å²) in [6, 6.07) is 1.03. The predicted molar refractivity (Wildman–Crippen MR) is 116 cm³/mol. The van der Waals surface area contributed by atoms with Crippen molar-refractivity contribution in [2.75, 3.05) is 6.54 Å². The highest BCUT2D eigenvalue weighted by Crippen LogP contribution is 2.68. The number of carbonyl (C=O) groups is 3. The van der Waals surface area contributed by atoms with Crippen LogP contribution in [0, 0.1) is 17.3 Å². The highest BCUT2D eigenvalue weighted by Gasteiger charge is 2.69. The van der Waals surface area contributed by atoms with E-state index in [4.69, 9.17) is 23.2 Å². The van der Waals surface area contributed by atoms with E-state index in [9.17, 15) is 19.5 Å². The molecule has 2 aromatic heterocycles. The SMILES string of the molecule is CC1(C)[C@H](CNC(=O)[C@@H]2C[C@H]3C[C@H]3N2C(=O)Cn2nc(C(=O)O)c3ccncc32)C1(Cl)Cl. The van der Waals surface area contributed by atoms with Crippen molar-refractivity contribution in [2.24, 2.45) is 17.3 Å². The van der Waals surface area contributed by atoms with Crippen LogP contribution >= 0.6 is 23.2 Å². The minimum atomic E-state index is -1.18. The number of nitrogens with zero attached hydrogens (tertiary/aromatic N) is 4. The maximum absolute atomic E-state index is 13.2. The number of aromatic nitrogens is 3. The number of nitrogens with one attached hydrogen (secondary N) is 1. The molecule has 0 radical (unpaired) electrons. The Balaban J connectivity index is 1.31. The molecule has 3 heterocycles. The molecule has 5 rings (SSSR count). The number of aromatic carboxylic acids is 1. The molecule has 32 heavy (non-hydrogen) atoms. The van der Waals surface area contributed by atoms with Crippen molar-refractivity contribution in [3.8, 4) is 0 Å². The Kier molecular flexibility index (Phi) is 4.73. The van der Waals surface area contributed by atoms with Crippen molar-refractivity contribution in [3.05, 3.63) is 24.2 Å². The molecule has 1 aliphatic heterocycles. The summed E-state index contributed by atoms with van der Waals surface area (Å²) in [7, 11) is 0. The smallest absolute Gasteiger partial charge is 0.357 e. The van der Waals surface area contributed by atoms with Gasteiger partial charge in [-0.25, -0.2) is 4.79 Å². The molecule has 2 amide bonds. The fourth-order valence-corrected chi connectivity index (χ4v) is 5.87. The average molecular weight is 480 g/mol. The summed E-state index contributed by atoms with van der Waals surface area (Å²) < 4.78 is 0.478. The molecule has 1 saturated heterocycles. The molecule has 0 unspecified atom stereocenters. The van der Waals surface area contributed by atoms with Crippen LogP contribution in [-0.2, 0) is 16.1 Å². The molecule has 0 spiro atoms. The molecule has 170 valence electrons. The fourth-order valence-electron chi connectivity index (χ4n) is 5.02. The summed E-state index contributed by atoms with van der Waals surface area (Å²) >= 11 is 12.6. The number of hydrogen-bond donors (Lipinski definition) is 2. The molecule has 2 saturated carbocycles. The molecule has 2 aromatic rings. The largest absolute Gasteiger partial charge is 0.476 e. The van der Waals surface area contributed by atoms with E-state index in [0.717, 1.165) is 6.42 Å². The van der Waals surface area contributed by atoms with E-state index in [1.54, 1.807) is 11.0 Å². The maximum Gasteiger partial charge on any atom is 0.357 e. The number of amides is 2. The quantitative estimate of drug-likeness (QED) is 0.612. The van der Waals surface area contributed by atoms with Crippen LogP contribution in [0.15, 0.2) is 18.5 Å². The molecule has 11 heteroatoms. The zero-order chi connectivity index (χ0) is 23.0. The van der Waals surface area contributed by atoms with Crippen LogP contribution in [0.2, 0.25) is 0 Å². The number of carboxylic acid groups (broad SMARTS) is 1. The van der Waals surface area contributed by atoms with Gasteiger partial charge in [-0.1, -0.05) is 13.8 Å². The summed E-state index contributed by atoms with van der Waals surface area (Å²) in [4.78, 5) is 43.3. The minimum absolute atomic E-state index is 0.0367. The molecule has 2 aliphatic carbocycles. The summed E-state index contributed by atoms with van der Waals surface area (Å²) in [5, 5.41) is 16.9. The highest BCUT2D eigenvalue weighted by atomic mass is 35.5. The number of rotatable bonds is 6. The summed E-state index contributed by atoms with van der Waals surface area (Å²) in [6.45, 7) is 4.10. The average Bonchev–Trinajstić information content (AvgIpc) is 3.39. The van der Waals surface area contributed by atoms with Crippen LogP contribution in [0.25, 0.3) is 10.9 Å². The number of hydrogen-bond acceptors (Lipinski definition) is 5. The number of halogens is 2. The van der Waals surface area contributed by atoms with Gasteiger partial charge in [0.1, 0.15) is 16.9 Å². The Bertz CT molecular complexity index is 1130. The first-order valence-electron chi connectivity index (χ1n) is 10.5. The van der Waals surface area contributed by atoms with Crippen molar-refractivity contribution >= 4 is 51.9 Å². The van der Waals surface area contributed by atoms with Gasteiger partial charge in [-0.05, 0) is 24.8 Å². The number of carbonyl (C=O) groups excluding carboxylic acids is 2. The second-order valence-electron chi connectivity index (χ2n) is 9.46. The van der Waals surface area contributed by atoms with Crippen LogP contribution in [-0.4, -0.2) is 65.5 Å². The Hall–Kier alpha value is -2.39. The van der Waals surface area contributed by atoms with Crippen LogP contribution in [0.4, 0.5) is 0 Å². The van der Waals surface area contributed by atoms with Gasteiger partial charge >= 0.3 is 5.97 Å². The van der Waals surface area contributed by atoms with Gasteiger partial charge in [-0.3, -0.25) is 19.3 Å². The topological polar surface area (TPSA) is 117 Å². The molecule has 2 N–H and O–H groups in total. The van der Waals surface area contributed by atoms with Gasteiger partial charge in [0.05, 0.1) is 11.7 Å². The van der Waals surface area contributed by atoms with Gasteiger partial charge in [-0.15, -0.1) is 23.2 Å². The lowest BCUT2D eigenvalue weighted by Gasteiger charge is -2.27. The van der Waals surface area contributed by atoms with Gasteiger partial charge in [0.15, 0.2) is 5.69 Å². The zero-order valence-electron chi connectivity index (χ0n) is 17.6. The predicted octanol–water partition coefficient (Wildman–Crippen LogP) is 2.07. The van der Waals surface area contributed by atoms with Crippen molar-refractivity contribution in [3.63, 3.8) is 0 Å². The standard InChI is InChI=1S/C21H23Cl2N5O4/c1-20(2)15(21(20,22)23)8-25-18(30)13-6-10-5-12(10)28(13)16(29)9-27-14-7-24-4-3-11(14)17(26-27)19(31)32/h3-4,7,10,12-13,15H,5-6,8-9H2,1-2H3,(H,25,30)(H,31,32)/t10-,12-,13+,15+/m1/s1. The number of fused-ring (bicyclic) bond motifs is 2. The molecular formula is C21H23Cl2N5O4. The summed E-state index contributed by atoms with van der Waals surface area (Å²) in [5.41, 5.74) is 0.0449.